The Bertz CT molecular complexity index is 346. The van der Waals surface area contributed by atoms with Crippen molar-refractivity contribution in [1.29, 1.82) is 0 Å². The van der Waals surface area contributed by atoms with Gasteiger partial charge in [-0.3, -0.25) is 0 Å². The van der Waals surface area contributed by atoms with Gasteiger partial charge in [-0.05, 0) is 24.6 Å². The van der Waals surface area contributed by atoms with Crippen LogP contribution in [-0.4, -0.2) is 16.1 Å². The van der Waals surface area contributed by atoms with E-state index in [2.05, 4.69) is 29.8 Å². The molecule has 1 aromatic carbocycles. The van der Waals surface area contributed by atoms with Crippen LogP contribution >= 0.6 is 27.7 Å². The number of rotatable bonds is 5. The molecule has 1 rings (SSSR count). The summed E-state index contributed by atoms with van der Waals surface area (Å²) in [7, 11) is 0. The number of hydrogen-bond donors (Lipinski definition) is 1. The fourth-order valence-electron chi connectivity index (χ4n) is 1.23. The first-order chi connectivity index (χ1) is 7.54. The smallest absolute Gasteiger partial charge is 0.129 e. The first kappa shape index (κ1) is 14.0. The van der Waals surface area contributed by atoms with E-state index in [0.717, 1.165) is 10.9 Å². The second-order valence-electron chi connectivity index (χ2n) is 3.73. The highest BCUT2D eigenvalue weighted by Gasteiger charge is 2.14. The molecule has 0 saturated carbocycles. The lowest BCUT2D eigenvalue weighted by Crippen LogP contribution is -2.06. The Labute approximate surface area is 109 Å². The van der Waals surface area contributed by atoms with Crippen molar-refractivity contribution < 1.29 is 9.50 Å². The number of thioether (sulfide) groups is 1. The molecule has 0 radical (unpaired) electrons. The maximum atomic E-state index is 13.4. The lowest BCUT2D eigenvalue weighted by Gasteiger charge is -2.14. The third-order valence-electron chi connectivity index (χ3n) is 2.43. The maximum absolute atomic E-state index is 13.4. The van der Waals surface area contributed by atoms with E-state index in [9.17, 15) is 9.50 Å². The molecular formula is C12H16BrFOS. The second kappa shape index (κ2) is 6.62. The Morgan fingerprint density at radius 1 is 1.50 bits per heavy atom. The molecule has 0 aromatic heterocycles. The SMILES string of the molecule is CCC(C)SCC(O)c1cc(Br)ccc1F. The third kappa shape index (κ3) is 4.07. The molecule has 0 fully saturated rings. The number of aliphatic hydroxyl groups is 1. The van der Waals surface area contributed by atoms with Crippen molar-refractivity contribution in [3.63, 3.8) is 0 Å². The van der Waals surface area contributed by atoms with Gasteiger partial charge in [-0.1, -0.05) is 29.8 Å². The average molecular weight is 307 g/mol. The molecule has 1 aromatic rings. The zero-order chi connectivity index (χ0) is 12.1. The zero-order valence-electron chi connectivity index (χ0n) is 9.41. The molecule has 0 aliphatic rings. The molecule has 0 aliphatic heterocycles. The van der Waals surface area contributed by atoms with Crippen LogP contribution in [0.1, 0.15) is 31.9 Å². The minimum Gasteiger partial charge on any atom is -0.387 e. The summed E-state index contributed by atoms with van der Waals surface area (Å²) in [6, 6.07) is 4.64. The van der Waals surface area contributed by atoms with Crippen LogP contribution in [0.25, 0.3) is 0 Å². The fraction of sp³-hybridized carbons (Fsp3) is 0.500. The number of hydrogen-bond acceptors (Lipinski definition) is 2. The fourth-order valence-corrected chi connectivity index (χ4v) is 2.54. The van der Waals surface area contributed by atoms with Crippen LogP contribution < -0.4 is 0 Å². The Kier molecular flexibility index (Phi) is 5.79. The summed E-state index contributed by atoms with van der Waals surface area (Å²) in [6.07, 6.45) is 0.315. The Morgan fingerprint density at radius 3 is 2.81 bits per heavy atom. The minimum absolute atomic E-state index is 0.347. The van der Waals surface area contributed by atoms with Gasteiger partial charge in [0.05, 0.1) is 6.10 Å². The summed E-state index contributed by atoms with van der Waals surface area (Å²) >= 11 is 4.94. The van der Waals surface area contributed by atoms with Gasteiger partial charge in [-0.2, -0.15) is 11.8 Å². The number of aliphatic hydroxyl groups excluding tert-OH is 1. The lowest BCUT2D eigenvalue weighted by atomic mass is 10.1. The summed E-state index contributed by atoms with van der Waals surface area (Å²) < 4.78 is 14.2. The van der Waals surface area contributed by atoms with Crippen LogP contribution in [0.15, 0.2) is 22.7 Å². The van der Waals surface area contributed by atoms with Crippen molar-refractivity contribution in [2.75, 3.05) is 5.75 Å². The van der Waals surface area contributed by atoms with Crippen LogP contribution in [0.4, 0.5) is 4.39 Å². The van der Waals surface area contributed by atoms with Crippen LogP contribution in [0.3, 0.4) is 0 Å². The van der Waals surface area contributed by atoms with Gasteiger partial charge in [0.1, 0.15) is 5.82 Å². The van der Waals surface area contributed by atoms with E-state index in [-0.39, 0.29) is 5.82 Å². The molecule has 0 spiro atoms. The number of halogens is 2. The lowest BCUT2D eigenvalue weighted by molar-refractivity contribution is 0.198. The summed E-state index contributed by atoms with van der Waals surface area (Å²) in [5.74, 6) is 0.183. The summed E-state index contributed by atoms with van der Waals surface area (Å²) in [5, 5.41) is 10.4. The van der Waals surface area contributed by atoms with Gasteiger partial charge >= 0.3 is 0 Å². The van der Waals surface area contributed by atoms with E-state index in [1.165, 1.54) is 6.07 Å². The summed E-state index contributed by atoms with van der Waals surface area (Å²) in [5.41, 5.74) is 0.366. The molecule has 90 valence electrons. The molecular weight excluding hydrogens is 291 g/mol. The van der Waals surface area contributed by atoms with E-state index < -0.39 is 6.10 Å². The summed E-state index contributed by atoms with van der Waals surface area (Å²) in [6.45, 7) is 4.21. The van der Waals surface area contributed by atoms with Crippen LogP contribution in [-0.2, 0) is 0 Å². The standard InChI is InChI=1S/C12H16BrFOS/c1-3-8(2)16-7-12(15)10-6-9(13)4-5-11(10)14/h4-6,8,12,15H,3,7H2,1-2H3. The first-order valence-electron chi connectivity index (χ1n) is 5.29. The monoisotopic (exact) mass is 306 g/mol. The molecule has 4 heteroatoms. The largest absolute Gasteiger partial charge is 0.387 e. The molecule has 0 bridgehead atoms. The highest BCUT2D eigenvalue weighted by atomic mass is 79.9. The normalized spacial score (nSPS) is 14.8. The molecule has 2 unspecified atom stereocenters. The van der Waals surface area contributed by atoms with E-state index in [4.69, 9.17) is 0 Å². The van der Waals surface area contributed by atoms with Gasteiger partial charge in [-0.25, -0.2) is 4.39 Å². The second-order valence-corrected chi connectivity index (χ2v) is 6.12. The predicted octanol–water partition coefficient (Wildman–Crippen LogP) is 4.15. The van der Waals surface area contributed by atoms with Crippen molar-refractivity contribution in [2.45, 2.75) is 31.6 Å². The molecule has 0 aliphatic carbocycles. The Hall–Kier alpha value is -0.0600. The van der Waals surface area contributed by atoms with Gasteiger partial charge in [0.2, 0.25) is 0 Å². The van der Waals surface area contributed by atoms with Crippen molar-refractivity contribution >= 4 is 27.7 Å². The third-order valence-corrected chi connectivity index (χ3v) is 4.33. The zero-order valence-corrected chi connectivity index (χ0v) is 11.8. The van der Waals surface area contributed by atoms with Gasteiger partial charge in [0.25, 0.3) is 0 Å². The molecule has 16 heavy (non-hydrogen) atoms. The maximum Gasteiger partial charge on any atom is 0.129 e. The summed E-state index contributed by atoms with van der Waals surface area (Å²) in [4.78, 5) is 0. The molecule has 0 amide bonds. The molecule has 1 nitrogen and oxygen atoms in total. The molecule has 2 atom stereocenters. The van der Waals surface area contributed by atoms with Gasteiger partial charge in [0.15, 0.2) is 0 Å². The Balaban J connectivity index is 2.65. The van der Waals surface area contributed by atoms with E-state index in [0.29, 0.717) is 16.6 Å². The Morgan fingerprint density at radius 2 is 2.19 bits per heavy atom. The first-order valence-corrected chi connectivity index (χ1v) is 7.13. The quantitative estimate of drug-likeness (QED) is 0.881. The number of benzene rings is 1. The van der Waals surface area contributed by atoms with Crippen molar-refractivity contribution in [1.82, 2.24) is 0 Å². The molecule has 0 heterocycles. The van der Waals surface area contributed by atoms with Crippen LogP contribution in [0, 0.1) is 5.82 Å². The molecule has 1 N–H and O–H groups in total. The van der Waals surface area contributed by atoms with E-state index in [1.54, 1.807) is 23.9 Å². The van der Waals surface area contributed by atoms with E-state index in [1.807, 2.05) is 0 Å². The van der Waals surface area contributed by atoms with Crippen molar-refractivity contribution in [3.8, 4) is 0 Å². The average Bonchev–Trinajstić information content (AvgIpc) is 2.28. The van der Waals surface area contributed by atoms with Gasteiger partial charge in [0, 0.05) is 21.0 Å². The minimum atomic E-state index is -0.739. The predicted molar refractivity (Wildman–Crippen MR) is 71.3 cm³/mol. The van der Waals surface area contributed by atoms with Crippen molar-refractivity contribution in [3.05, 3.63) is 34.1 Å². The molecule has 0 saturated heterocycles. The van der Waals surface area contributed by atoms with Gasteiger partial charge < -0.3 is 5.11 Å². The highest BCUT2D eigenvalue weighted by Crippen LogP contribution is 2.26. The van der Waals surface area contributed by atoms with Gasteiger partial charge in [-0.15, -0.1) is 0 Å². The van der Waals surface area contributed by atoms with Crippen LogP contribution in [0.5, 0.6) is 0 Å². The van der Waals surface area contributed by atoms with Crippen LogP contribution in [0.2, 0.25) is 0 Å². The highest BCUT2D eigenvalue weighted by molar-refractivity contribution is 9.10. The topological polar surface area (TPSA) is 20.2 Å². The van der Waals surface area contributed by atoms with E-state index >= 15 is 0 Å². The van der Waals surface area contributed by atoms with Crippen molar-refractivity contribution in [2.24, 2.45) is 0 Å².